The molecule has 0 saturated heterocycles. The van der Waals surface area contributed by atoms with Crippen LogP contribution in [0.25, 0.3) is 0 Å². The summed E-state index contributed by atoms with van der Waals surface area (Å²) in [5, 5.41) is 9.26. The minimum absolute atomic E-state index is 0.173. The van der Waals surface area contributed by atoms with Gasteiger partial charge in [-0.1, -0.05) is 18.2 Å². The van der Waals surface area contributed by atoms with Crippen LogP contribution in [-0.4, -0.2) is 10.00 Å². The molecule has 13 heavy (non-hydrogen) atoms. The van der Waals surface area contributed by atoms with Crippen LogP contribution in [0.15, 0.2) is 24.3 Å². The van der Waals surface area contributed by atoms with Crippen molar-refractivity contribution in [1.82, 2.24) is 0 Å². The number of benzene rings is 1. The van der Waals surface area contributed by atoms with Crippen molar-refractivity contribution in [2.75, 3.05) is 0 Å². The molecule has 0 aliphatic carbocycles. The van der Waals surface area contributed by atoms with Gasteiger partial charge in [-0.25, -0.2) is 9.09 Å². The molecule has 1 aliphatic heterocycles. The Labute approximate surface area is 74.2 Å². The first-order chi connectivity index (χ1) is 6.08. The summed E-state index contributed by atoms with van der Waals surface area (Å²) in [6, 6.07) is 6.35. The Balaban J connectivity index is 2.48. The molecule has 6 heteroatoms. The van der Waals surface area contributed by atoms with Crippen LogP contribution in [-0.2, 0) is 9.09 Å². The number of phosphoric ester groups is 1. The zero-order valence-electron chi connectivity index (χ0n) is 6.45. The van der Waals surface area contributed by atoms with Crippen molar-refractivity contribution >= 4 is 7.82 Å². The van der Waals surface area contributed by atoms with Gasteiger partial charge in [-0.15, -0.1) is 0 Å². The van der Waals surface area contributed by atoms with Crippen LogP contribution in [0, 0.1) is 0 Å². The molecule has 1 aromatic carbocycles. The maximum Gasteiger partial charge on any atom is 0.530 e. The van der Waals surface area contributed by atoms with Gasteiger partial charge in [-0.2, -0.15) is 0 Å². The Bertz CT molecular complexity index is 377. The lowest BCUT2D eigenvalue weighted by atomic mass is 10.2. The average Bonchev–Trinajstić information content (AvgIpc) is 2.02. The fraction of sp³-hybridized carbons (Fsp3) is 0.143. The molecule has 0 bridgehead atoms. The first-order valence-electron chi connectivity index (χ1n) is 3.56. The van der Waals surface area contributed by atoms with Gasteiger partial charge in [0.1, 0.15) is 5.75 Å². The van der Waals surface area contributed by atoms with Crippen molar-refractivity contribution < 1.29 is 23.6 Å². The van der Waals surface area contributed by atoms with E-state index in [0.29, 0.717) is 5.56 Å². The summed E-state index contributed by atoms with van der Waals surface area (Å²) < 4.78 is 19.9. The van der Waals surface area contributed by atoms with E-state index in [1.165, 1.54) is 6.07 Å². The molecule has 2 atom stereocenters. The van der Waals surface area contributed by atoms with E-state index >= 15 is 0 Å². The number of fused-ring (bicyclic) bond motifs is 1. The third-order valence-electron chi connectivity index (χ3n) is 1.63. The van der Waals surface area contributed by atoms with E-state index in [4.69, 9.17) is 4.89 Å². The molecule has 1 aliphatic rings. The van der Waals surface area contributed by atoms with Gasteiger partial charge < -0.3 is 9.63 Å². The van der Waals surface area contributed by atoms with Gasteiger partial charge in [0.05, 0.1) is 5.56 Å². The molecule has 2 N–H and O–H groups in total. The number of hydrogen-bond donors (Lipinski definition) is 2. The van der Waals surface area contributed by atoms with E-state index in [2.05, 4.69) is 9.05 Å². The predicted octanol–water partition coefficient (Wildman–Crippen LogP) is 1.19. The van der Waals surface area contributed by atoms with Crippen molar-refractivity contribution in [3.05, 3.63) is 29.8 Å². The topological polar surface area (TPSA) is 76.0 Å². The number of aliphatic hydroxyl groups excluding tert-OH is 1. The van der Waals surface area contributed by atoms with Crippen LogP contribution in [0.3, 0.4) is 0 Å². The molecule has 0 amide bonds. The van der Waals surface area contributed by atoms with Gasteiger partial charge in [0.15, 0.2) is 6.29 Å². The highest BCUT2D eigenvalue weighted by atomic mass is 31.2. The van der Waals surface area contributed by atoms with Crippen molar-refractivity contribution in [3.8, 4) is 5.75 Å². The van der Waals surface area contributed by atoms with E-state index in [1.54, 1.807) is 18.2 Å². The van der Waals surface area contributed by atoms with Crippen LogP contribution in [0.2, 0.25) is 0 Å². The molecular formula is C7H7O5P. The lowest BCUT2D eigenvalue weighted by molar-refractivity contribution is -0.0480. The summed E-state index contributed by atoms with van der Waals surface area (Å²) in [6.07, 6.45) is -1.40. The normalized spacial score (nSPS) is 32.0. The van der Waals surface area contributed by atoms with Crippen LogP contribution < -0.4 is 4.52 Å². The predicted molar refractivity (Wildman–Crippen MR) is 42.9 cm³/mol. The van der Waals surface area contributed by atoms with Crippen LogP contribution in [0.4, 0.5) is 0 Å². The summed E-state index contributed by atoms with van der Waals surface area (Å²) >= 11 is 0. The van der Waals surface area contributed by atoms with Crippen LogP contribution in [0.5, 0.6) is 5.75 Å². The maximum absolute atomic E-state index is 11.0. The second-order valence-corrected chi connectivity index (χ2v) is 3.89. The molecule has 2 unspecified atom stereocenters. The zero-order chi connectivity index (χ0) is 9.47. The highest BCUT2D eigenvalue weighted by molar-refractivity contribution is 7.47. The van der Waals surface area contributed by atoms with Gasteiger partial charge in [0.25, 0.3) is 0 Å². The highest BCUT2D eigenvalue weighted by Crippen LogP contribution is 2.53. The number of rotatable bonds is 0. The third kappa shape index (κ3) is 1.59. The molecule has 1 heterocycles. The summed E-state index contributed by atoms with van der Waals surface area (Å²) in [4.78, 5) is 8.94. The molecule has 5 nitrogen and oxygen atoms in total. The van der Waals surface area contributed by atoms with Gasteiger partial charge in [0, 0.05) is 0 Å². The summed E-state index contributed by atoms with van der Waals surface area (Å²) in [5.74, 6) is 0.173. The highest BCUT2D eigenvalue weighted by Gasteiger charge is 2.35. The smallest absolute Gasteiger partial charge is 0.404 e. The first-order valence-corrected chi connectivity index (χ1v) is 5.06. The molecule has 0 radical (unpaired) electrons. The molecule has 0 fully saturated rings. The van der Waals surface area contributed by atoms with Gasteiger partial charge in [-0.3, -0.25) is 4.89 Å². The fourth-order valence-electron chi connectivity index (χ4n) is 1.10. The molecule has 0 saturated carbocycles. The number of aliphatic hydroxyl groups is 1. The standard InChI is InChI=1S/C7H7O5P/c8-7-5-3-1-2-4-6(5)11-13(9,10)12-7/h1-4,7-8H,(H,9,10). The van der Waals surface area contributed by atoms with Crippen molar-refractivity contribution in [2.45, 2.75) is 6.29 Å². The SMILES string of the molecule is O=P1(O)Oc2ccccc2C(O)O1. The Kier molecular flexibility index (Phi) is 1.89. The number of hydrogen-bond acceptors (Lipinski definition) is 4. The van der Waals surface area contributed by atoms with E-state index in [9.17, 15) is 9.67 Å². The Hall–Kier alpha value is -0.870. The molecule has 70 valence electrons. The van der Waals surface area contributed by atoms with E-state index < -0.39 is 14.1 Å². The summed E-state index contributed by atoms with van der Waals surface area (Å²) in [7, 11) is -4.13. The molecule has 0 aromatic heterocycles. The summed E-state index contributed by atoms with van der Waals surface area (Å²) in [6.45, 7) is 0. The van der Waals surface area contributed by atoms with Crippen molar-refractivity contribution in [1.29, 1.82) is 0 Å². The lowest BCUT2D eigenvalue weighted by Gasteiger charge is -2.24. The van der Waals surface area contributed by atoms with Gasteiger partial charge in [-0.05, 0) is 6.07 Å². The van der Waals surface area contributed by atoms with E-state index in [1.807, 2.05) is 0 Å². The molecule has 1 aromatic rings. The zero-order valence-corrected chi connectivity index (χ0v) is 7.35. The fourth-order valence-corrected chi connectivity index (χ4v) is 1.92. The minimum atomic E-state index is -4.13. The molecular weight excluding hydrogens is 195 g/mol. The van der Waals surface area contributed by atoms with Gasteiger partial charge in [0.2, 0.25) is 0 Å². The Morgan fingerprint density at radius 1 is 1.38 bits per heavy atom. The van der Waals surface area contributed by atoms with Crippen LogP contribution in [0.1, 0.15) is 11.9 Å². The Morgan fingerprint density at radius 2 is 2.08 bits per heavy atom. The second kappa shape index (κ2) is 2.82. The lowest BCUT2D eigenvalue weighted by Crippen LogP contribution is -2.12. The Morgan fingerprint density at radius 3 is 2.85 bits per heavy atom. The molecule has 2 rings (SSSR count). The van der Waals surface area contributed by atoms with Crippen LogP contribution >= 0.6 is 7.82 Å². The van der Waals surface area contributed by atoms with E-state index in [-0.39, 0.29) is 5.75 Å². The second-order valence-electron chi connectivity index (χ2n) is 2.56. The van der Waals surface area contributed by atoms with Crippen molar-refractivity contribution in [3.63, 3.8) is 0 Å². The molecule has 0 spiro atoms. The minimum Gasteiger partial charge on any atom is -0.404 e. The quantitative estimate of drug-likeness (QED) is 0.618. The largest absolute Gasteiger partial charge is 0.530 e. The number of para-hydroxylation sites is 1. The third-order valence-corrected chi connectivity index (χ3v) is 2.53. The van der Waals surface area contributed by atoms with Gasteiger partial charge >= 0.3 is 7.82 Å². The number of phosphoric acid groups is 1. The average molecular weight is 202 g/mol. The maximum atomic E-state index is 11.0. The first kappa shape index (κ1) is 8.72. The van der Waals surface area contributed by atoms with Crippen molar-refractivity contribution in [2.24, 2.45) is 0 Å². The summed E-state index contributed by atoms with van der Waals surface area (Å²) in [5.41, 5.74) is 0.350. The monoisotopic (exact) mass is 202 g/mol. The van der Waals surface area contributed by atoms with E-state index in [0.717, 1.165) is 0 Å².